The maximum absolute atomic E-state index is 12.1. The van der Waals surface area contributed by atoms with Crippen molar-refractivity contribution in [3.05, 3.63) is 37.9 Å². The van der Waals surface area contributed by atoms with Crippen LogP contribution in [0.4, 0.5) is 17.1 Å². The van der Waals surface area contributed by atoms with Crippen LogP contribution in [-0.4, -0.2) is 28.7 Å². The number of anilines is 1. The second-order valence-corrected chi connectivity index (χ2v) is 4.73. The standard InChI is InChI=1S/C14H19N3O5/c1-4-7-15(6-3)14-11(13(18)5-2)8-10(16(19)20)9-12(14)17(21)22/h8-9H,4-7H2,1-3H3. The van der Waals surface area contributed by atoms with E-state index in [1.807, 2.05) is 13.8 Å². The van der Waals surface area contributed by atoms with E-state index in [1.165, 1.54) is 0 Å². The van der Waals surface area contributed by atoms with Gasteiger partial charge in [0.05, 0.1) is 21.5 Å². The van der Waals surface area contributed by atoms with Crippen LogP contribution in [-0.2, 0) is 0 Å². The van der Waals surface area contributed by atoms with Gasteiger partial charge < -0.3 is 4.90 Å². The van der Waals surface area contributed by atoms with Crippen LogP contribution in [0.1, 0.15) is 44.0 Å². The maximum Gasteiger partial charge on any atom is 0.300 e. The van der Waals surface area contributed by atoms with Crippen molar-refractivity contribution in [2.24, 2.45) is 0 Å². The summed E-state index contributed by atoms with van der Waals surface area (Å²) in [6, 6.07) is 2.05. The zero-order chi connectivity index (χ0) is 16.9. The van der Waals surface area contributed by atoms with Crippen LogP contribution < -0.4 is 4.90 Å². The third kappa shape index (κ3) is 3.57. The van der Waals surface area contributed by atoms with E-state index in [9.17, 15) is 25.0 Å². The molecule has 0 saturated heterocycles. The Balaban J connectivity index is 3.70. The molecule has 1 aromatic carbocycles. The number of benzene rings is 1. The molecule has 1 aromatic rings. The van der Waals surface area contributed by atoms with Crippen molar-refractivity contribution < 1.29 is 14.6 Å². The van der Waals surface area contributed by atoms with Gasteiger partial charge in [-0.3, -0.25) is 25.0 Å². The number of carbonyl (C=O) groups is 1. The molecule has 0 atom stereocenters. The van der Waals surface area contributed by atoms with E-state index >= 15 is 0 Å². The molecular weight excluding hydrogens is 290 g/mol. The van der Waals surface area contributed by atoms with Crippen LogP contribution >= 0.6 is 0 Å². The van der Waals surface area contributed by atoms with Gasteiger partial charge in [0.1, 0.15) is 5.69 Å². The first-order chi connectivity index (χ1) is 10.4. The molecule has 1 rings (SSSR count). The Morgan fingerprint density at radius 2 is 1.77 bits per heavy atom. The smallest absolute Gasteiger partial charge is 0.300 e. The molecule has 0 N–H and O–H groups in total. The number of hydrogen-bond acceptors (Lipinski definition) is 6. The Morgan fingerprint density at radius 3 is 2.18 bits per heavy atom. The molecule has 0 aliphatic heterocycles. The monoisotopic (exact) mass is 309 g/mol. The van der Waals surface area contributed by atoms with Crippen LogP contribution in [0.2, 0.25) is 0 Å². The molecule has 0 aliphatic carbocycles. The Bertz CT molecular complexity index is 600. The predicted molar refractivity (Wildman–Crippen MR) is 82.6 cm³/mol. The molecule has 0 unspecified atom stereocenters. The highest BCUT2D eigenvalue weighted by Gasteiger charge is 2.29. The number of ketones is 1. The maximum atomic E-state index is 12.1. The molecule has 8 heteroatoms. The topological polar surface area (TPSA) is 107 Å². The normalized spacial score (nSPS) is 10.3. The molecule has 0 saturated carbocycles. The number of carbonyl (C=O) groups excluding carboxylic acids is 1. The summed E-state index contributed by atoms with van der Waals surface area (Å²) in [7, 11) is 0. The van der Waals surface area contributed by atoms with Crippen LogP contribution in [0, 0.1) is 20.2 Å². The van der Waals surface area contributed by atoms with E-state index in [2.05, 4.69) is 0 Å². The summed E-state index contributed by atoms with van der Waals surface area (Å²) in [4.78, 5) is 34.8. The fraction of sp³-hybridized carbons (Fsp3) is 0.500. The number of nitrogens with zero attached hydrogens (tertiary/aromatic N) is 3. The predicted octanol–water partition coefficient (Wildman–Crippen LogP) is 3.33. The lowest BCUT2D eigenvalue weighted by molar-refractivity contribution is -0.393. The van der Waals surface area contributed by atoms with E-state index < -0.39 is 21.2 Å². The lowest BCUT2D eigenvalue weighted by atomic mass is 10.0. The Hall–Kier alpha value is -2.51. The highest BCUT2D eigenvalue weighted by molar-refractivity contribution is 6.04. The largest absolute Gasteiger partial charge is 0.366 e. The molecule has 0 aliphatic rings. The van der Waals surface area contributed by atoms with Crippen LogP contribution in [0.5, 0.6) is 0 Å². The number of nitro groups is 2. The molecule has 0 fully saturated rings. The number of rotatable bonds is 8. The first kappa shape index (κ1) is 17.5. The summed E-state index contributed by atoms with van der Waals surface area (Å²) in [6.07, 6.45) is 0.858. The van der Waals surface area contributed by atoms with Crippen LogP contribution in [0.25, 0.3) is 0 Å². The van der Waals surface area contributed by atoms with E-state index in [0.717, 1.165) is 18.6 Å². The fourth-order valence-corrected chi connectivity index (χ4v) is 2.28. The molecule has 8 nitrogen and oxygen atoms in total. The van der Waals surface area contributed by atoms with Gasteiger partial charge in [-0.1, -0.05) is 13.8 Å². The average Bonchev–Trinajstić information content (AvgIpc) is 2.50. The third-order valence-corrected chi connectivity index (χ3v) is 3.30. The highest BCUT2D eigenvalue weighted by atomic mass is 16.6. The van der Waals surface area contributed by atoms with Crippen molar-refractivity contribution in [2.45, 2.75) is 33.6 Å². The summed E-state index contributed by atoms with van der Waals surface area (Å²) >= 11 is 0. The summed E-state index contributed by atoms with van der Waals surface area (Å²) in [5.74, 6) is -0.351. The molecule has 120 valence electrons. The minimum Gasteiger partial charge on any atom is -0.366 e. The number of non-ortho nitro benzene ring substituents is 1. The van der Waals surface area contributed by atoms with E-state index in [-0.39, 0.29) is 23.5 Å². The van der Waals surface area contributed by atoms with Crippen molar-refractivity contribution in [1.82, 2.24) is 0 Å². The van der Waals surface area contributed by atoms with Gasteiger partial charge in [-0.15, -0.1) is 0 Å². The van der Waals surface area contributed by atoms with E-state index in [0.29, 0.717) is 13.1 Å². The minimum absolute atomic E-state index is 0.0405. The fourth-order valence-electron chi connectivity index (χ4n) is 2.28. The first-order valence-electron chi connectivity index (χ1n) is 7.12. The summed E-state index contributed by atoms with van der Waals surface area (Å²) in [5.41, 5.74) is -0.633. The van der Waals surface area contributed by atoms with Crippen molar-refractivity contribution in [1.29, 1.82) is 0 Å². The molecule has 0 aromatic heterocycles. The molecule has 0 amide bonds. The molecule has 0 spiro atoms. The highest BCUT2D eigenvalue weighted by Crippen LogP contribution is 2.37. The van der Waals surface area contributed by atoms with Crippen molar-refractivity contribution in [3.8, 4) is 0 Å². The van der Waals surface area contributed by atoms with Gasteiger partial charge in [0, 0.05) is 25.6 Å². The molecule has 22 heavy (non-hydrogen) atoms. The van der Waals surface area contributed by atoms with Gasteiger partial charge in [-0.05, 0) is 13.3 Å². The third-order valence-electron chi connectivity index (χ3n) is 3.30. The van der Waals surface area contributed by atoms with Gasteiger partial charge >= 0.3 is 0 Å². The molecule has 0 heterocycles. The Labute approximate surface area is 128 Å². The minimum atomic E-state index is -0.723. The summed E-state index contributed by atoms with van der Waals surface area (Å²) in [5, 5.41) is 22.3. The first-order valence-corrected chi connectivity index (χ1v) is 7.12. The second-order valence-electron chi connectivity index (χ2n) is 4.73. The van der Waals surface area contributed by atoms with Crippen LogP contribution in [0.3, 0.4) is 0 Å². The van der Waals surface area contributed by atoms with Crippen molar-refractivity contribution in [3.63, 3.8) is 0 Å². The number of hydrogen-bond donors (Lipinski definition) is 0. The summed E-state index contributed by atoms with van der Waals surface area (Å²) < 4.78 is 0. The average molecular weight is 309 g/mol. The van der Waals surface area contributed by atoms with Gasteiger partial charge in [0.25, 0.3) is 11.4 Å². The van der Waals surface area contributed by atoms with Gasteiger partial charge in [-0.25, -0.2) is 0 Å². The summed E-state index contributed by atoms with van der Waals surface area (Å²) in [6.45, 7) is 6.35. The van der Waals surface area contributed by atoms with Gasteiger partial charge in [0.2, 0.25) is 0 Å². The Kier molecular flexibility index (Phi) is 5.97. The quantitative estimate of drug-likeness (QED) is 0.414. The SMILES string of the molecule is CCCN(CC)c1c(C(=O)CC)cc([N+](=O)[O-])cc1[N+](=O)[O-]. The molecule has 0 bridgehead atoms. The second kappa shape index (κ2) is 7.48. The zero-order valence-corrected chi connectivity index (χ0v) is 12.9. The van der Waals surface area contributed by atoms with Gasteiger partial charge in [0.15, 0.2) is 5.78 Å². The van der Waals surface area contributed by atoms with Gasteiger partial charge in [-0.2, -0.15) is 0 Å². The van der Waals surface area contributed by atoms with E-state index in [4.69, 9.17) is 0 Å². The van der Waals surface area contributed by atoms with Crippen molar-refractivity contribution in [2.75, 3.05) is 18.0 Å². The lowest BCUT2D eigenvalue weighted by Gasteiger charge is -2.24. The van der Waals surface area contributed by atoms with Crippen LogP contribution in [0.15, 0.2) is 12.1 Å². The Morgan fingerprint density at radius 1 is 1.14 bits per heavy atom. The number of nitro benzene ring substituents is 2. The molecular formula is C14H19N3O5. The van der Waals surface area contributed by atoms with Crippen molar-refractivity contribution >= 4 is 22.8 Å². The number of Topliss-reactive ketones (excluding diaryl/α,β-unsaturated/α-hetero) is 1. The lowest BCUT2D eigenvalue weighted by Crippen LogP contribution is -2.26. The zero-order valence-electron chi connectivity index (χ0n) is 12.9. The van der Waals surface area contributed by atoms with E-state index in [1.54, 1.807) is 11.8 Å². The molecule has 0 radical (unpaired) electrons.